The van der Waals surface area contributed by atoms with Gasteiger partial charge in [0.05, 0.1) is 5.56 Å². The zero-order valence-electron chi connectivity index (χ0n) is 9.99. The third kappa shape index (κ3) is 2.13. The second kappa shape index (κ2) is 4.86. The van der Waals surface area contributed by atoms with Gasteiger partial charge in [0.2, 0.25) is 0 Å². The van der Waals surface area contributed by atoms with E-state index in [1.165, 1.54) is 6.07 Å². The number of hydrogen-bond donors (Lipinski definition) is 2. The van der Waals surface area contributed by atoms with Crippen molar-refractivity contribution < 1.29 is 4.39 Å². The first-order valence-corrected chi connectivity index (χ1v) is 6.22. The predicted octanol–water partition coefficient (Wildman–Crippen LogP) is 2.08. The minimum absolute atomic E-state index is 0.287. The molecule has 1 aliphatic heterocycles. The standard InChI is InChI=1S/C13H15FN4/c14-11-6-2-1-5-10(11)13-16-12(17-18-13)9-4-3-7-15-8-9/h1-2,5-6,9,15H,3-4,7-8H2,(H,16,17,18). The Morgan fingerprint density at radius 2 is 2.17 bits per heavy atom. The van der Waals surface area contributed by atoms with Gasteiger partial charge in [0.25, 0.3) is 0 Å². The number of piperidine rings is 1. The summed E-state index contributed by atoms with van der Waals surface area (Å²) in [5, 5.41) is 10.4. The number of hydrogen-bond acceptors (Lipinski definition) is 3. The predicted molar refractivity (Wildman–Crippen MR) is 66.6 cm³/mol. The molecular formula is C13H15FN4. The van der Waals surface area contributed by atoms with Crippen LogP contribution in [0.2, 0.25) is 0 Å². The van der Waals surface area contributed by atoms with Crippen molar-refractivity contribution in [1.29, 1.82) is 0 Å². The average Bonchev–Trinajstić information content (AvgIpc) is 2.90. The molecule has 5 heteroatoms. The summed E-state index contributed by atoms with van der Waals surface area (Å²) in [5.41, 5.74) is 0.448. The summed E-state index contributed by atoms with van der Waals surface area (Å²) in [6.07, 6.45) is 2.24. The molecule has 1 fully saturated rings. The number of benzene rings is 1. The molecule has 4 nitrogen and oxygen atoms in total. The molecule has 0 bridgehead atoms. The number of nitrogens with zero attached hydrogens (tertiary/aromatic N) is 2. The fraction of sp³-hybridized carbons (Fsp3) is 0.385. The van der Waals surface area contributed by atoms with Gasteiger partial charge < -0.3 is 5.32 Å². The van der Waals surface area contributed by atoms with Gasteiger partial charge in [0, 0.05) is 12.5 Å². The molecule has 0 spiro atoms. The van der Waals surface area contributed by atoms with E-state index in [9.17, 15) is 4.39 Å². The van der Waals surface area contributed by atoms with Crippen LogP contribution >= 0.6 is 0 Å². The number of aromatic amines is 1. The van der Waals surface area contributed by atoms with Crippen molar-refractivity contribution >= 4 is 0 Å². The lowest BCUT2D eigenvalue weighted by Gasteiger charge is -2.20. The summed E-state index contributed by atoms with van der Waals surface area (Å²) in [4.78, 5) is 4.42. The molecule has 1 aromatic heterocycles. The number of rotatable bonds is 2. The second-order valence-electron chi connectivity index (χ2n) is 4.57. The fourth-order valence-electron chi connectivity index (χ4n) is 2.31. The van der Waals surface area contributed by atoms with Gasteiger partial charge >= 0.3 is 0 Å². The van der Waals surface area contributed by atoms with Gasteiger partial charge in [-0.15, -0.1) is 0 Å². The monoisotopic (exact) mass is 246 g/mol. The number of nitrogens with one attached hydrogen (secondary N) is 2. The number of aromatic nitrogens is 3. The number of halogens is 1. The van der Waals surface area contributed by atoms with Gasteiger partial charge in [0.15, 0.2) is 5.82 Å². The van der Waals surface area contributed by atoms with Gasteiger partial charge in [-0.3, -0.25) is 5.10 Å². The van der Waals surface area contributed by atoms with E-state index in [0.29, 0.717) is 17.3 Å². The molecule has 0 radical (unpaired) electrons. The van der Waals surface area contributed by atoms with Gasteiger partial charge in [-0.25, -0.2) is 9.37 Å². The molecule has 2 heterocycles. The third-order valence-electron chi connectivity index (χ3n) is 3.30. The fourth-order valence-corrected chi connectivity index (χ4v) is 2.31. The van der Waals surface area contributed by atoms with E-state index >= 15 is 0 Å². The molecule has 3 rings (SSSR count). The van der Waals surface area contributed by atoms with Gasteiger partial charge in [-0.05, 0) is 31.5 Å². The maximum absolute atomic E-state index is 13.6. The zero-order chi connectivity index (χ0) is 12.4. The highest BCUT2D eigenvalue weighted by atomic mass is 19.1. The molecule has 0 aliphatic carbocycles. The van der Waals surface area contributed by atoms with E-state index in [1.54, 1.807) is 18.2 Å². The molecule has 2 N–H and O–H groups in total. The van der Waals surface area contributed by atoms with Crippen LogP contribution in [0.25, 0.3) is 11.4 Å². The molecule has 1 aliphatic rings. The van der Waals surface area contributed by atoms with Crippen LogP contribution in [0.1, 0.15) is 24.6 Å². The molecule has 0 amide bonds. The molecule has 1 saturated heterocycles. The quantitative estimate of drug-likeness (QED) is 0.853. The summed E-state index contributed by atoms with van der Waals surface area (Å²) in [6.45, 7) is 1.97. The Labute approximate surface area is 105 Å². The normalized spacial score (nSPS) is 19.9. The summed E-state index contributed by atoms with van der Waals surface area (Å²) in [6, 6.07) is 6.57. The molecule has 1 aromatic carbocycles. The molecule has 1 atom stereocenters. The first-order chi connectivity index (χ1) is 8.84. The topological polar surface area (TPSA) is 53.6 Å². The number of H-pyrrole nitrogens is 1. The Morgan fingerprint density at radius 3 is 2.94 bits per heavy atom. The van der Waals surface area contributed by atoms with E-state index in [1.807, 2.05) is 0 Å². The van der Waals surface area contributed by atoms with Crippen molar-refractivity contribution in [2.45, 2.75) is 18.8 Å². The lowest BCUT2D eigenvalue weighted by Crippen LogP contribution is -2.28. The maximum Gasteiger partial charge on any atom is 0.184 e. The van der Waals surface area contributed by atoms with Crippen LogP contribution in [0.3, 0.4) is 0 Å². The van der Waals surface area contributed by atoms with Gasteiger partial charge in [-0.1, -0.05) is 12.1 Å². The Bertz CT molecular complexity index is 531. The first-order valence-electron chi connectivity index (χ1n) is 6.22. The molecular weight excluding hydrogens is 231 g/mol. The Balaban J connectivity index is 1.87. The lowest BCUT2D eigenvalue weighted by molar-refractivity contribution is 0.447. The van der Waals surface area contributed by atoms with Gasteiger partial charge in [0.1, 0.15) is 11.6 Å². The summed E-state index contributed by atoms with van der Waals surface area (Å²) in [7, 11) is 0. The van der Waals surface area contributed by atoms with Crippen LogP contribution in [-0.2, 0) is 0 Å². The van der Waals surface area contributed by atoms with Crippen molar-refractivity contribution in [3.63, 3.8) is 0 Å². The van der Waals surface area contributed by atoms with Crippen LogP contribution < -0.4 is 5.32 Å². The van der Waals surface area contributed by atoms with Crippen molar-refractivity contribution in [1.82, 2.24) is 20.5 Å². The van der Waals surface area contributed by atoms with Crippen molar-refractivity contribution in [3.8, 4) is 11.4 Å². The largest absolute Gasteiger partial charge is 0.316 e. The van der Waals surface area contributed by atoms with Crippen LogP contribution in [-0.4, -0.2) is 28.3 Å². The minimum Gasteiger partial charge on any atom is -0.316 e. The van der Waals surface area contributed by atoms with Crippen molar-refractivity contribution in [2.24, 2.45) is 0 Å². The highest BCUT2D eigenvalue weighted by molar-refractivity contribution is 5.55. The molecule has 2 aromatic rings. The van der Waals surface area contributed by atoms with E-state index in [-0.39, 0.29) is 5.82 Å². The molecule has 94 valence electrons. The Morgan fingerprint density at radius 1 is 1.28 bits per heavy atom. The average molecular weight is 246 g/mol. The van der Waals surface area contributed by atoms with E-state index in [4.69, 9.17) is 0 Å². The summed E-state index contributed by atoms with van der Waals surface area (Å²) < 4.78 is 13.6. The van der Waals surface area contributed by atoms with Crippen LogP contribution in [0.4, 0.5) is 4.39 Å². The van der Waals surface area contributed by atoms with E-state index < -0.39 is 0 Å². The highest BCUT2D eigenvalue weighted by Crippen LogP contribution is 2.23. The lowest BCUT2D eigenvalue weighted by atomic mass is 9.99. The molecule has 1 unspecified atom stereocenters. The SMILES string of the molecule is Fc1ccccc1-c1n[nH]c(C2CCCNC2)n1. The Hall–Kier alpha value is -1.75. The van der Waals surface area contributed by atoms with Crippen LogP contribution in [0, 0.1) is 5.82 Å². The summed E-state index contributed by atoms with van der Waals surface area (Å²) in [5.74, 6) is 1.35. The molecule has 18 heavy (non-hydrogen) atoms. The minimum atomic E-state index is -0.287. The smallest absolute Gasteiger partial charge is 0.184 e. The van der Waals surface area contributed by atoms with Gasteiger partial charge in [-0.2, -0.15) is 5.10 Å². The third-order valence-corrected chi connectivity index (χ3v) is 3.30. The zero-order valence-corrected chi connectivity index (χ0v) is 9.99. The van der Waals surface area contributed by atoms with Crippen LogP contribution in [0.15, 0.2) is 24.3 Å². The second-order valence-corrected chi connectivity index (χ2v) is 4.57. The van der Waals surface area contributed by atoms with E-state index in [2.05, 4.69) is 20.5 Å². The highest BCUT2D eigenvalue weighted by Gasteiger charge is 2.19. The summed E-state index contributed by atoms with van der Waals surface area (Å²) >= 11 is 0. The maximum atomic E-state index is 13.6. The first kappa shape index (κ1) is 11.3. The Kier molecular flexibility index (Phi) is 3.06. The van der Waals surface area contributed by atoms with Crippen LogP contribution in [0.5, 0.6) is 0 Å². The van der Waals surface area contributed by atoms with Crippen molar-refractivity contribution in [3.05, 3.63) is 35.9 Å². The van der Waals surface area contributed by atoms with E-state index in [0.717, 1.165) is 31.8 Å². The van der Waals surface area contributed by atoms with Crippen molar-refractivity contribution in [2.75, 3.05) is 13.1 Å². The molecule has 0 saturated carbocycles.